The van der Waals surface area contributed by atoms with Gasteiger partial charge in [-0.2, -0.15) is 13.2 Å². The molecule has 3 atom stereocenters. The van der Waals surface area contributed by atoms with E-state index in [1.807, 2.05) is 13.0 Å². The lowest BCUT2D eigenvalue weighted by Gasteiger charge is -2.39. The third kappa shape index (κ3) is 6.77. The first-order chi connectivity index (χ1) is 24.3. The number of hydrogen-bond donors (Lipinski definition) is 1. The molecule has 2 aliphatic rings. The van der Waals surface area contributed by atoms with E-state index in [4.69, 9.17) is 9.47 Å². The van der Waals surface area contributed by atoms with Crippen molar-refractivity contribution in [2.75, 3.05) is 48.1 Å². The molecule has 2 aliphatic heterocycles. The first kappa shape index (κ1) is 35.5. The van der Waals surface area contributed by atoms with Gasteiger partial charge in [0.1, 0.15) is 17.9 Å². The number of nitrogens with zero attached hydrogens (tertiary/aromatic N) is 5. The average molecular weight is 709 g/mol. The summed E-state index contributed by atoms with van der Waals surface area (Å²) in [6.07, 6.45) is 0.191. The quantitative estimate of drug-likeness (QED) is 0.178. The predicted octanol–water partition coefficient (Wildman–Crippen LogP) is 5.89. The molecule has 0 aliphatic carbocycles. The number of ether oxygens (including phenoxy) is 2. The summed E-state index contributed by atoms with van der Waals surface area (Å²) in [5.74, 6) is -2.75. The van der Waals surface area contributed by atoms with Gasteiger partial charge in [-0.25, -0.2) is 14.0 Å². The van der Waals surface area contributed by atoms with E-state index >= 15 is 4.39 Å². The number of fused-ring (bicyclic) bond motifs is 2. The monoisotopic (exact) mass is 708 g/mol. The lowest BCUT2D eigenvalue weighted by atomic mass is 9.97. The number of alkyl halides is 3. The zero-order valence-electron chi connectivity index (χ0n) is 28.3. The summed E-state index contributed by atoms with van der Waals surface area (Å²) < 4.78 is 67.1. The number of aromatic nitrogens is 2. The lowest BCUT2D eigenvalue weighted by molar-refractivity contribution is -0.167. The zero-order valence-corrected chi connectivity index (χ0v) is 28.3. The number of anilines is 3. The SMILES string of the molecule is CCOC(=O)[C@H](Cc1ccc(N2C(=O)N(C)c3cnccc3[C@@H]2C)c2ncccc12)NC(=O)c1c(C)cc(N2CCOC[C@@H]2C(F)(F)F)cc1F. The van der Waals surface area contributed by atoms with Crippen molar-refractivity contribution in [1.29, 1.82) is 0 Å². The standard InChI is InChI=1S/C36H36F4N6O5/c1-5-51-34(48)27(43-33(47)31-20(2)15-23(17-26(31)37)45-13-14-50-19-30(45)36(38,39)40)16-22-8-9-28(32-25(22)7-6-11-42-32)46-21(3)24-10-12-41-18-29(24)44(4)35(46)49/h6-12,15,17-18,21,27,30H,5,13-14,16,19H2,1-4H3,(H,43,47)/t21-,27-,30+/m0/s1. The predicted molar refractivity (Wildman–Crippen MR) is 181 cm³/mol. The molecule has 0 radical (unpaired) electrons. The Bertz CT molecular complexity index is 1970. The highest BCUT2D eigenvalue weighted by atomic mass is 19.4. The summed E-state index contributed by atoms with van der Waals surface area (Å²) in [5.41, 5.74) is 2.82. The Morgan fingerprint density at radius 2 is 1.92 bits per heavy atom. The lowest BCUT2D eigenvalue weighted by Crippen LogP contribution is -2.53. The highest BCUT2D eigenvalue weighted by Gasteiger charge is 2.46. The Morgan fingerprint density at radius 1 is 1.14 bits per heavy atom. The molecule has 1 saturated heterocycles. The van der Waals surface area contributed by atoms with Crippen molar-refractivity contribution in [3.63, 3.8) is 0 Å². The highest BCUT2D eigenvalue weighted by Crippen LogP contribution is 2.41. The minimum absolute atomic E-state index is 0.00786. The number of nitrogens with one attached hydrogen (secondary N) is 1. The van der Waals surface area contributed by atoms with Crippen LogP contribution < -0.4 is 20.0 Å². The maximum Gasteiger partial charge on any atom is 0.411 e. The number of hydrogen-bond acceptors (Lipinski definition) is 8. The number of morpholine rings is 1. The molecule has 268 valence electrons. The van der Waals surface area contributed by atoms with Crippen molar-refractivity contribution in [1.82, 2.24) is 15.3 Å². The van der Waals surface area contributed by atoms with Crippen molar-refractivity contribution in [3.8, 4) is 0 Å². The van der Waals surface area contributed by atoms with Crippen LogP contribution in [-0.4, -0.2) is 79.5 Å². The van der Waals surface area contributed by atoms with Crippen LogP contribution in [0.25, 0.3) is 10.9 Å². The topological polar surface area (TPSA) is 117 Å². The molecular formula is C36H36F4N6O5. The third-order valence-corrected chi connectivity index (χ3v) is 9.26. The maximum absolute atomic E-state index is 15.6. The molecule has 3 amide bonds. The van der Waals surface area contributed by atoms with Crippen LogP contribution in [0.2, 0.25) is 0 Å². The Balaban J connectivity index is 1.31. The van der Waals surface area contributed by atoms with Crippen molar-refractivity contribution in [2.45, 2.75) is 51.5 Å². The van der Waals surface area contributed by atoms with E-state index in [0.29, 0.717) is 27.8 Å². The van der Waals surface area contributed by atoms with E-state index in [-0.39, 0.29) is 49.5 Å². The van der Waals surface area contributed by atoms with Gasteiger partial charge in [0.05, 0.1) is 54.5 Å². The number of rotatable bonds is 8. The number of pyridine rings is 2. The summed E-state index contributed by atoms with van der Waals surface area (Å²) in [4.78, 5) is 53.4. The number of carbonyl (C=O) groups excluding carboxylic acids is 3. The van der Waals surface area contributed by atoms with Gasteiger partial charge >= 0.3 is 18.2 Å². The van der Waals surface area contributed by atoms with Gasteiger partial charge in [-0.3, -0.25) is 24.6 Å². The minimum atomic E-state index is -4.62. The second-order valence-electron chi connectivity index (χ2n) is 12.4. The molecule has 0 bridgehead atoms. The molecule has 15 heteroatoms. The first-order valence-corrected chi connectivity index (χ1v) is 16.4. The fourth-order valence-corrected chi connectivity index (χ4v) is 6.75. The van der Waals surface area contributed by atoms with Crippen LogP contribution in [0, 0.1) is 12.7 Å². The maximum atomic E-state index is 15.6. The minimum Gasteiger partial charge on any atom is -0.464 e. The zero-order chi connectivity index (χ0) is 36.6. The van der Waals surface area contributed by atoms with Crippen molar-refractivity contribution in [3.05, 3.63) is 89.1 Å². The number of esters is 1. The fraction of sp³-hybridized carbons (Fsp3) is 0.361. The van der Waals surface area contributed by atoms with Gasteiger partial charge < -0.3 is 19.7 Å². The number of urea groups is 1. The van der Waals surface area contributed by atoms with Crippen molar-refractivity contribution in [2.24, 2.45) is 0 Å². The molecule has 0 saturated carbocycles. The molecule has 51 heavy (non-hydrogen) atoms. The Hall–Kier alpha value is -5.31. The molecule has 4 heterocycles. The second kappa shape index (κ2) is 14.1. The first-order valence-electron chi connectivity index (χ1n) is 16.4. The van der Waals surface area contributed by atoms with Gasteiger partial charge in [-0.15, -0.1) is 0 Å². The van der Waals surface area contributed by atoms with E-state index < -0.39 is 48.1 Å². The third-order valence-electron chi connectivity index (χ3n) is 9.26. The molecule has 1 N–H and O–H groups in total. The van der Waals surface area contributed by atoms with E-state index in [2.05, 4.69) is 15.3 Å². The Morgan fingerprint density at radius 3 is 2.65 bits per heavy atom. The number of benzene rings is 2. The van der Waals surface area contributed by atoms with Gasteiger partial charge in [-0.1, -0.05) is 12.1 Å². The smallest absolute Gasteiger partial charge is 0.411 e. The largest absolute Gasteiger partial charge is 0.464 e. The van der Waals surface area contributed by atoms with Gasteiger partial charge in [0.15, 0.2) is 0 Å². The number of halogens is 4. The number of aryl methyl sites for hydroxylation is 1. The van der Waals surface area contributed by atoms with Crippen LogP contribution >= 0.6 is 0 Å². The van der Waals surface area contributed by atoms with Crippen LogP contribution in [0.3, 0.4) is 0 Å². The summed E-state index contributed by atoms with van der Waals surface area (Å²) in [7, 11) is 1.66. The molecule has 0 unspecified atom stereocenters. The van der Waals surface area contributed by atoms with Gasteiger partial charge in [0.2, 0.25) is 0 Å². The van der Waals surface area contributed by atoms with Gasteiger partial charge in [0, 0.05) is 49.0 Å². The van der Waals surface area contributed by atoms with Crippen LogP contribution in [0.4, 0.5) is 39.4 Å². The molecule has 4 aromatic rings. The molecule has 1 fully saturated rings. The second-order valence-corrected chi connectivity index (χ2v) is 12.4. The van der Waals surface area contributed by atoms with Crippen LogP contribution in [-0.2, 0) is 20.7 Å². The van der Waals surface area contributed by atoms with Crippen LogP contribution in [0.5, 0.6) is 0 Å². The van der Waals surface area contributed by atoms with Crippen LogP contribution in [0.1, 0.15) is 46.9 Å². The molecular weight excluding hydrogens is 672 g/mol. The molecule has 6 rings (SSSR count). The van der Waals surface area contributed by atoms with Crippen LogP contribution in [0.15, 0.2) is 61.1 Å². The highest BCUT2D eigenvalue weighted by molar-refractivity contribution is 6.10. The normalized spacial score (nSPS) is 18.4. The Labute approximate surface area is 291 Å². The molecule has 11 nitrogen and oxygen atoms in total. The summed E-state index contributed by atoms with van der Waals surface area (Å²) in [6, 6.07) is 7.12. The van der Waals surface area contributed by atoms with Crippen molar-refractivity contribution < 1.29 is 41.4 Å². The summed E-state index contributed by atoms with van der Waals surface area (Å²) in [6.45, 7) is 4.24. The van der Waals surface area contributed by atoms with E-state index in [9.17, 15) is 27.6 Å². The summed E-state index contributed by atoms with van der Waals surface area (Å²) in [5, 5.41) is 3.20. The van der Waals surface area contributed by atoms with Gasteiger partial charge in [-0.05, 0) is 62.2 Å². The summed E-state index contributed by atoms with van der Waals surface area (Å²) >= 11 is 0. The number of amides is 3. The van der Waals surface area contributed by atoms with E-state index in [0.717, 1.165) is 16.5 Å². The molecule has 2 aromatic heterocycles. The fourth-order valence-electron chi connectivity index (χ4n) is 6.75. The number of carbonyl (C=O) groups is 3. The Kier molecular flexibility index (Phi) is 9.84. The van der Waals surface area contributed by atoms with Gasteiger partial charge in [0.25, 0.3) is 5.91 Å². The van der Waals surface area contributed by atoms with E-state index in [1.165, 1.54) is 17.9 Å². The van der Waals surface area contributed by atoms with E-state index in [1.54, 1.807) is 61.7 Å². The average Bonchev–Trinajstić information content (AvgIpc) is 3.10. The molecule has 0 spiro atoms. The van der Waals surface area contributed by atoms with Crippen molar-refractivity contribution >= 4 is 45.9 Å². The molecule has 2 aromatic carbocycles.